The predicted molar refractivity (Wildman–Crippen MR) is 172 cm³/mol. The number of carbonyl (C=O) groups excluding carboxylic acids is 2. The van der Waals surface area contributed by atoms with Gasteiger partial charge in [-0.2, -0.15) is 9.97 Å². The topological polar surface area (TPSA) is 231 Å². The van der Waals surface area contributed by atoms with Gasteiger partial charge in [-0.05, 0) is 50.8 Å². The maximum atomic E-state index is 14.2. The summed E-state index contributed by atoms with van der Waals surface area (Å²) in [6.45, 7) is 6.94. The van der Waals surface area contributed by atoms with Crippen LogP contribution in [0.5, 0.6) is 5.88 Å². The van der Waals surface area contributed by atoms with Crippen LogP contribution in [0.15, 0.2) is 30.6 Å². The van der Waals surface area contributed by atoms with E-state index in [1.165, 1.54) is 49.2 Å². The average Bonchev–Trinajstić information content (AvgIpc) is 3.54. The molecule has 6 N–H and O–H groups in total. The number of imidazole rings is 1. The van der Waals surface area contributed by atoms with Gasteiger partial charge in [-0.15, -0.1) is 0 Å². The molecule has 1 fully saturated rings. The van der Waals surface area contributed by atoms with Gasteiger partial charge in [0.15, 0.2) is 17.4 Å². The van der Waals surface area contributed by atoms with Crippen LogP contribution in [0.2, 0.25) is 0 Å². The molecule has 3 heterocycles. The van der Waals surface area contributed by atoms with Crippen LogP contribution in [0.3, 0.4) is 0 Å². The minimum Gasteiger partial charge on any atom is -0.479 e. The van der Waals surface area contributed by atoms with Crippen molar-refractivity contribution in [3.8, 4) is 5.88 Å². The van der Waals surface area contributed by atoms with E-state index < -0.39 is 74.8 Å². The number of ether oxygens (including phenoxy) is 3. The molecule has 0 saturated carbocycles. The van der Waals surface area contributed by atoms with Crippen LogP contribution in [0.1, 0.15) is 52.8 Å². The van der Waals surface area contributed by atoms with Crippen LogP contribution in [0.4, 0.5) is 10.3 Å². The summed E-state index contributed by atoms with van der Waals surface area (Å²) in [4.78, 5) is 38.0. The van der Waals surface area contributed by atoms with E-state index in [-0.39, 0.29) is 41.9 Å². The number of nitrogen functional groups attached to an aromatic ring is 1. The number of nitrogens with two attached hydrogens (primary N) is 1. The second-order valence-electron chi connectivity index (χ2n) is 12.4. The first-order chi connectivity index (χ1) is 23.0. The first kappa shape index (κ1) is 38.0. The fourth-order valence-corrected chi connectivity index (χ4v) is 6.50. The molecule has 1 unspecified atom stereocenters. The lowest BCUT2D eigenvalue weighted by molar-refractivity contribution is -0.150. The van der Waals surface area contributed by atoms with Crippen LogP contribution >= 0.6 is 7.75 Å². The molecule has 0 aliphatic carbocycles. The Balaban J connectivity index is 1.53. The second-order valence-corrected chi connectivity index (χ2v) is 14.1. The van der Waals surface area contributed by atoms with Crippen molar-refractivity contribution in [2.45, 2.75) is 83.8 Å². The summed E-state index contributed by atoms with van der Waals surface area (Å²) in [5.41, 5.74) is 4.83. The Morgan fingerprint density at radius 3 is 2.51 bits per heavy atom. The number of nitrogens with zero attached hydrogens (tertiary/aromatic N) is 4. The molecule has 1 aromatic carbocycles. The zero-order valence-corrected chi connectivity index (χ0v) is 28.9. The van der Waals surface area contributed by atoms with Crippen molar-refractivity contribution in [2.24, 2.45) is 5.92 Å². The number of hydrogen-bond acceptors (Lipinski definition) is 14. The number of hydrogen-bond donors (Lipinski definition) is 5. The van der Waals surface area contributed by atoms with Gasteiger partial charge in [0.25, 0.3) is 0 Å². The minimum atomic E-state index is -4.55. The van der Waals surface area contributed by atoms with Crippen LogP contribution in [-0.4, -0.2) is 91.9 Å². The van der Waals surface area contributed by atoms with Crippen LogP contribution in [0, 0.1) is 11.7 Å². The number of aliphatic hydroxyl groups is 2. The molecule has 3 aromatic rings. The van der Waals surface area contributed by atoms with Crippen molar-refractivity contribution >= 4 is 36.7 Å². The summed E-state index contributed by atoms with van der Waals surface area (Å²) in [7, 11) is -3.18. The van der Waals surface area contributed by atoms with Crippen molar-refractivity contribution in [3.63, 3.8) is 0 Å². The highest BCUT2D eigenvalue weighted by Gasteiger charge is 2.54. The summed E-state index contributed by atoms with van der Waals surface area (Å²) in [6.07, 6.45) is -3.23. The molecule has 0 radical (unpaired) electrons. The van der Waals surface area contributed by atoms with E-state index in [9.17, 15) is 28.8 Å². The van der Waals surface area contributed by atoms with Crippen molar-refractivity contribution < 1.29 is 52.0 Å². The molecule has 2 aromatic heterocycles. The number of esters is 1. The van der Waals surface area contributed by atoms with Crippen LogP contribution in [-0.2, 0) is 39.2 Å². The lowest BCUT2D eigenvalue weighted by Crippen LogP contribution is -2.44. The number of benzene rings is 1. The highest BCUT2D eigenvalue weighted by Crippen LogP contribution is 2.47. The van der Waals surface area contributed by atoms with E-state index >= 15 is 0 Å². The van der Waals surface area contributed by atoms with Crippen molar-refractivity contribution in [1.82, 2.24) is 29.9 Å². The number of carbonyl (C=O) groups is 2. The zero-order chi connectivity index (χ0) is 36.1. The monoisotopic (exact) mass is 711 g/mol. The number of fused-ring (bicyclic) bond motifs is 1. The van der Waals surface area contributed by atoms with Gasteiger partial charge in [-0.3, -0.25) is 23.2 Å². The molecule has 1 amide bonds. The normalized spacial score (nSPS) is 22.7. The fourth-order valence-electron chi connectivity index (χ4n) is 5.06. The summed E-state index contributed by atoms with van der Waals surface area (Å²) >= 11 is 0. The Morgan fingerprint density at radius 1 is 1.18 bits per heavy atom. The molecule has 4 rings (SSSR count). The predicted octanol–water partition coefficient (Wildman–Crippen LogP) is 1.98. The fraction of sp³-hybridized carbons (Fsp3) is 0.567. The third-order valence-electron chi connectivity index (χ3n) is 7.44. The molecule has 1 aliphatic rings. The highest BCUT2D eigenvalue weighted by molar-refractivity contribution is 7.51. The molecule has 49 heavy (non-hydrogen) atoms. The third kappa shape index (κ3) is 9.48. The van der Waals surface area contributed by atoms with Crippen LogP contribution < -0.4 is 20.9 Å². The number of anilines is 1. The molecule has 0 bridgehead atoms. The number of aliphatic hydroxyl groups excluding tert-OH is 1. The minimum absolute atomic E-state index is 0.0295. The number of halogens is 1. The van der Waals surface area contributed by atoms with E-state index in [0.29, 0.717) is 5.56 Å². The Labute approximate surface area is 282 Å². The van der Waals surface area contributed by atoms with E-state index in [2.05, 4.69) is 25.4 Å². The second kappa shape index (κ2) is 15.8. The van der Waals surface area contributed by atoms with E-state index in [4.69, 9.17) is 29.0 Å². The summed E-state index contributed by atoms with van der Waals surface area (Å²) in [5.74, 6) is -1.97. The Bertz CT molecular complexity index is 1660. The largest absolute Gasteiger partial charge is 0.479 e. The standard InChI is InChI=1S/C30H43FN7O10P/c1-16(2)11-20(27(41)47-17(3)4)37-49(43,46-14-22(39)33-12-18-7-9-19(31)10-8-18)45-13-21-24(40)30(5,42)28(48-21)38-15-34-23-25(38)35-29(32)36-26(23)44-6/h7-10,15-17,20-21,24,28,40,42H,11-14H2,1-6H3,(H,33,39)(H,37,43)(H2,32,35,36)/t20-,21+,24+,28+,30+,49?/m0/s1. The van der Waals surface area contributed by atoms with E-state index in [0.717, 1.165) is 0 Å². The third-order valence-corrected chi connectivity index (χ3v) is 9.03. The van der Waals surface area contributed by atoms with Gasteiger partial charge in [0.1, 0.15) is 36.3 Å². The van der Waals surface area contributed by atoms with Crippen molar-refractivity contribution in [1.29, 1.82) is 0 Å². The van der Waals surface area contributed by atoms with Gasteiger partial charge < -0.3 is 35.5 Å². The maximum Gasteiger partial charge on any atom is 0.406 e. The van der Waals surface area contributed by atoms with E-state index in [1.54, 1.807) is 13.8 Å². The molecular formula is C30H43FN7O10P. The van der Waals surface area contributed by atoms with Gasteiger partial charge in [-0.25, -0.2) is 19.0 Å². The van der Waals surface area contributed by atoms with Gasteiger partial charge in [-0.1, -0.05) is 26.0 Å². The molecule has 19 heteroatoms. The smallest absolute Gasteiger partial charge is 0.406 e. The lowest BCUT2D eigenvalue weighted by atomic mass is 9.96. The molecule has 1 saturated heterocycles. The molecule has 270 valence electrons. The van der Waals surface area contributed by atoms with Gasteiger partial charge in [0.05, 0.1) is 26.1 Å². The van der Waals surface area contributed by atoms with Crippen molar-refractivity contribution in [3.05, 3.63) is 42.0 Å². The Morgan fingerprint density at radius 2 is 1.88 bits per heavy atom. The summed E-state index contributed by atoms with van der Waals surface area (Å²) in [5, 5.41) is 27.7. The van der Waals surface area contributed by atoms with Crippen LogP contribution in [0.25, 0.3) is 11.2 Å². The summed E-state index contributed by atoms with van der Waals surface area (Å²) < 4.78 is 56.5. The number of nitrogens with one attached hydrogen (secondary N) is 2. The molecule has 1 aliphatic heterocycles. The number of methoxy groups -OCH3 is 1. The molecule has 6 atom stereocenters. The number of amides is 1. The maximum absolute atomic E-state index is 14.2. The number of aromatic nitrogens is 4. The first-order valence-corrected chi connectivity index (χ1v) is 17.1. The molecule has 17 nitrogen and oxygen atoms in total. The van der Waals surface area contributed by atoms with E-state index in [1.807, 2.05) is 13.8 Å². The SMILES string of the molecule is COc1nc(N)nc2c1ncn2[C@@H]1O[C@H](COP(=O)(N[C@@H](CC(C)C)C(=O)OC(C)C)OCC(=O)NCc2ccc(F)cc2)[C@@H](O)[C@@]1(C)O. The Hall–Kier alpha value is -3.77. The highest BCUT2D eigenvalue weighted by atomic mass is 31.2. The average molecular weight is 712 g/mol. The van der Waals surface area contributed by atoms with Crippen molar-refractivity contribution in [2.75, 3.05) is 26.1 Å². The zero-order valence-electron chi connectivity index (χ0n) is 28.0. The van der Waals surface area contributed by atoms with Gasteiger partial charge in [0.2, 0.25) is 17.7 Å². The van der Waals surface area contributed by atoms with Gasteiger partial charge in [0, 0.05) is 6.54 Å². The van der Waals surface area contributed by atoms with Gasteiger partial charge >= 0.3 is 13.7 Å². The molecule has 0 spiro atoms. The number of rotatable bonds is 16. The first-order valence-electron chi connectivity index (χ1n) is 15.5. The molecular weight excluding hydrogens is 668 g/mol. The Kier molecular flexibility index (Phi) is 12.3. The quantitative estimate of drug-likeness (QED) is 0.106. The lowest BCUT2D eigenvalue weighted by Gasteiger charge is -2.28. The summed E-state index contributed by atoms with van der Waals surface area (Å²) in [6, 6.07) is 4.29.